The first kappa shape index (κ1) is 18.1. The van der Waals surface area contributed by atoms with Gasteiger partial charge in [0.05, 0.1) is 9.77 Å². The molecule has 25 heavy (non-hydrogen) atoms. The molecular weight excluding hydrogens is 356 g/mol. The summed E-state index contributed by atoms with van der Waals surface area (Å²) in [5.74, 6) is 0.466. The molecule has 0 aliphatic heterocycles. The number of carbonyl (C=O) groups is 1. The van der Waals surface area contributed by atoms with Crippen molar-refractivity contribution in [2.45, 2.75) is 38.0 Å². The number of hydrogen-bond acceptors (Lipinski definition) is 4. The molecule has 1 amide bonds. The third-order valence-electron chi connectivity index (χ3n) is 4.56. The van der Waals surface area contributed by atoms with Crippen molar-refractivity contribution < 1.29 is 13.2 Å². The average Bonchev–Trinajstić information content (AvgIpc) is 2.99. The predicted molar refractivity (Wildman–Crippen MR) is 101 cm³/mol. The highest BCUT2D eigenvalue weighted by Gasteiger charge is 2.21. The number of benzene rings is 1. The number of amides is 1. The monoisotopic (exact) mass is 378 g/mol. The Kier molecular flexibility index (Phi) is 4.99. The Balaban J connectivity index is 1.83. The molecule has 2 N–H and O–H groups in total. The van der Waals surface area contributed by atoms with Crippen molar-refractivity contribution in [3.63, 3.8) is 0 Å². The summed E-state index contributed by atoms with van der Waals surface area (Å²) in [7, 11) is -2.19. The van der Waals surface area contributed by atoms with Crippen LogP contribution in [0.2, 0.25) is 0 Å². The molecule has 0 saturated heterocycles. The van der Waals surface area contributed by atoms with Gasteiger partial charge >= 0.3 is 0 Å². The summed E-state index contributed by atoms with van der Waals surface area (Å²) in [6.07, 6.45) is 3.22. The lowest BCUT2D eigenvalue weighted by Gasteiger charge is -2.16. The lowest BCUT2D eigenvalue weighted by molar-refractivity contribution is 0.103. The number of fused-ring (bicyclic) bond motifs is 1. The van der Waals surface area contributed by atoms with Crippen molar-refractivity contribution >= 4 is 33.0 Å². The molecule has 0 saturated carbocycles. The molecule has 2 aromatic rings. The van der Waals surface area contributed by atoms with Crippen LogP contribution >= 0.6 is 11.3 Å². The van der Waals surface area contributed by atoms with Gasteiger partial charge in [0.25, 0.3) is 5.91 Å². The van der Waals surface area contributed by atoms with Crippen LogP contribution < -0.4 is 10.0 Å². The van der Waals surface area contributed by atoms with E-state index in [1.165, 1.54) is 34.9 Å². The Bertz CT molecular complexity index is 916. The van der Waals surface area contributed by atoms with Crippen molar-refractivity contribution in [3.8, 4) is 0 Å². The van der Waals surface area contributed by atoms with Gasteiger partial charge in [-0.3, -0.25) is 4.79 Å². The third kappa shape index (κ3) is 3.78. The number of nitrogens with one attached hydrogen (secondary N) is 2. The summed E-state index contributed by atoms with van der Waals surface area (Å²) in [5.41, 5.74) is 2.38. The summed E-state index contributed by atoms with van der Waals surface area (Å²) in [6, 6.07) is 6.89. The highest BCUT2D eigenvalue weighted by Crippen LogP contribution is 2.32. The van der Waals surface area contributed by atoms with E-state index in [4.69, 9.17) is 0 Å². The minimum absolute atomic E-state index is 0.173. The van der Waals surface area contributed by atoms with Crippen LogP contribution in [-0.2, 0) is 22.9 Å². The zero-order chi connectivity index (χ0) is 18.2. The second-order valence-electron chi connectivity index (χ2n) is 6.55. The highest BCUT2D eigenvalue weighted by molar-refractivity contribution is 7.89. The fourth-order valence-electron chi connectivity index (χ4n) is 3.09. The maximum Gasteiger partial charge on any atom is 0.265 e. The molecule has 0 bridgehead atoms. The minimum atomic E-state index is -3.56. The van der Waals surface area contributed by atoms with Crippen LogP contribution in [0, 0.1) is 12.8 Å². The van der Waals surface area contributed by atoms with E-state index in [1.54, 1.807) is 19.1 Å². The minimum Gasteiger partial charge on any atom is -0.321 e. The SMILES string of the molecule is CNS(=O)(=O)c1cc(NC(=O)c2cc3c(s2)CCC(C)C3)ccc1C. The second-order valence-corrected chi connectivity index (χ2v) is 9.54. The number of sulfonamides is 1. The van der Waals surface area contributed by atoms with Gasteiger partial charge in [0.2, 0.25) is 10.0 Å². The molecule has 1 aliphatic carbocycles. The number of anilines is 1. The number of thiophene rings is 1. The Labute approximate surface area is 152 Å². The standard InChI is InChI=1S/C18H22N2O3S2/c1-11-4-7-15-13(8-11)9-16(24-15)18(21)20-14-6-5-12(2)17(10-14)25(22,23)19-3/h5-6,9-11,19H,4,7-8H2,1-3H3,(H,20,21). The second kappa shape index (κ2) is 6.90. The van der Waals surface area contributed by atoms with E-state index < -0.39 is 10.0 Å². The Morgan fingerprint density at radius 1 is 1.28 bits per heavy atom. The summed E-state index contributed by atoms with van der Waals surface area (Å²) < 4.78 is 26.5. The summed E-state index contributed by atoms with van der Waals surface area (Å²) >= 11 is 1.54. The first-order chi connectivity index (χ1) is 11.8. The lowest BCUT2D eigenvalue weighted by atomic mass is 9.90. The van der Waals surface area contributed by atoms with Gasteiger partial charge in [-0.1, -0.05) is 13.0 Å². The van der Waals surface area contributed by atoms with Gasteiger partial charge in [0.1, 0.15) is 0 Å². The van der Waals surface area contributed by atoms with E-state index in [0.717, 1.165) is 19.3 Å². The quantitative estimate of drug-likeness (QED) is 0.857. The van der Waals surface area contributed by atoms with E-state index in [1.807, 2.05) is 6.07 Å². The molecule has 5 nitrogen and oxygen atoms in total. The maximum atomic E-state index is 12.6. The number of hydrogen-bond donors (Lipinski definition) is 2. The Hall–Kier alpha value is -1.70. The van der Waals surface area contributed by atoms with Crippen molar-refractivity contribution in [1.82, 2.24) is 4.72 Å². The molecule has 1 aromatic heterocycles. The molecule has 1 unspecified atom stereocenters. The maximum absolute atomic E-state index is 12.6. The van der Waals surface area contributed by atoms with Gasteiger partial charge in [-0.25, -0.2) is 13.1 Å². The average molecular weight is 379 g/mol. The molecule has 1 aliphatic rings. The third-order valence-corrected chi connectivity index (χ3v) is 7.35. The first-order valence-corrected chi connectivity index (χ1v) is 10.6. The molecule has 134 valence electrons. The topological polar surface area (TPSA) is 75.3 Å². The fraction of sp³-hybridized carbons (Fsp3) is 0.389. The molecule has 0 radical (unpaired) electrons. The first-order valence-electron chi connectivity index (χ1n) is 8.27. The van der Waals surface area contributed by atoms with E-state index in [-0.39, 0.29) is 10.8 Å². The fourth-order valence-corrected chi connectivity index (χ4v) is 5.19. The van der Waals surface area contributed by atoms with Crippen molar-refractivity contribution in [2.24, 2.45) is 5.92 Å². The number of rotatable bonds is 4. The number of carbonyl (C=O) groups excluding carboxylic acids is 1. The summed E-state index contributed by atoms with van der Waals surface area (Å²) in [6.45, 7) is 3.96. The van der Waals surface area contributed by atoms with E-state index in [9.17, 15) is 13.2 Å². The Morgan fingerprint density at radius 2 is 2.04 bits per heavy atom. The Morgan fingerprint density at radius 3 is 2.76 bits per heavy atom. The van der Waals surface area contributed by atoms with Gasteiger partial charge < -0.3 is 5.32 Å². The predicted octanol–water partition coefficient (Wildman–Crippen LogP) is 3.34. The molecule has 0 fully saturated rings. The van der Waals surface area contributed by atoms with E-state index in [2.05, 4.69) is 17.0 Å². The normalized spacial score (nSPS) is 17.2. The van der Waals surface area contributed by atoms with Gasteiger partial charge in [-0.15, -0.1) is 11.3 Å². The number of aryl methyl sites for hydroxylation is 2. The van der Waals surface area contributed by atoms with Gasteiger partial charge in [-0.2, -0.15) is 0 Å². The van der Waals surface area contributed by atoms with Crippen molar-refractivity contribution in [1.29, 1.82) is 0 Å². The largest absolute Gasteiger partial charge is 0.321 e. The smallest absolute Gasteiger partial charge is 0.265 e. The molecule has 1 aromatic carbocycles. The molecule has 1 atom stereocenters. The van der Waals surface area contributed by atoms with E-state index >= 15 is 0 Å². The molecule has 0 spiro atoms. The lowest BCUT2D eigenvalue weighted by Crippen LogP contribution is -2.20. The van der Waals surface area contributed by atoms with E-state index in [0.29, 0.717) is 22.0 Å². The van der Waals surface area contributed by atoms with Gasteiger partial charge in [0.15, 0.2) is 0 Å². The van der Waals surface area contributed by atoms with Crippen LogP contribution in [0.4, 0.5) is 5.69 Å². The highest BCUT2D eigenvalue weighted by atomic mass is 32.2. The molecule has 7 heteroatoms. The van der Waals surface area contributed by atoms with Crippen LogP contribution in [0.3, 0.4) is 0 Å². The van der Waals surface area contributed by atoms with Crippen LogP contribution in [0.15, 0.2) is 29.2 Å². The van der Waals surface area contributed by atoms with Crippen molar-refractivity contribution in [3.05, 3.63) is 45.1 Å². The van der Waals surface area contributed by atoms with Gasteiger partial charge in [-0.05, 0) is 68.5 Å². The summed E-state index contributed by atoms with van der Waals surface area (Å²) in [5, 5.41) is 2.82. The van der Waals surface area contributed by atoms with Gasteiger partial charge in [0, 0.05) is 10.6 Å². The summed E-state index contributed by atoms with van der Waals surface area (Å²) in [4.78, 5) is 14.7. The molecule has 1 heterocycles. The zero-order valence-electron chi connectivity index (χ0n) is 14.5. The van der Waals surface area contributed by atoms with Crippen LogP contribution in [0.1, 0.15) is 39.0 Å². The molecular formula is C18H22N2O3S2. The molecule has 3 rings (SSSR count). The van der Waals surface area contributed by atoms with Crippen LogP contribution in [-0.4, -0.2) is 21.4 Å². The van der Waals surface area contributed by atoms with Crippen molar-refractivity contribution in [2.75, 3.05) is 12.4 Å². The van der Waals surface area contributed by atoms with Crippen LogP contribution in [0.5, 0.6) is 0 Å². The zero-order valence-corrected chi connectivity index (χ0v) is 16.2. The van der Waals surface area contributed by atoms with Crippen LogP contribution in [0.25, 0.3) is 0 Å².